The number of benzene rings is 1. The number of nitrogens with zero attached hydrogens (tertiary/aromatic N) is 3. The van der Waals surface area contributed by atoms with Crippen molar-refractivity contribution in [3.05, 3.63) is 47.3 Å². The molecule has 8 heteroatoms. The molecular weight excluding hydrogens is 368 g/mol. The van der Waals surface area contributed by atoms with Crippen LogP contribution in [0, 0.1) is 6.92 Å². The zero-order valence-corrected chi connectivity index (χ0v) is 15.5. The number of hydrogen-bond acceptors (Lipinski definition) is 4. The van der Waals surface area contributed by atoms with E-state index in [1.807, 2.05) is 12.1 Å². The van der Waals surface area contributed by atoms with E-state index in [1.54, 1.807) is 17.0 Å². The van der Waals surface area contributed by atoms with Gasteiger partial charge in [0.15, 0.2) is 11.5 Å². The summed E-state index contributed by atoms with van der Waals surface area (Å²) in [6.07, 6.45) is 2.11. The summed E-state index contributed by atoms with van der Waals surface area (Å²) in [4.78, 5) is 27.0. The number of likely N-dealkylation sites (tertiary alicyclic amines) is 1. The van der Waals surface area contributed by atoms with Crippen molar-refractivity contribution in [1.82, 2.24) is 14.7 Å². The molecule has 28 heavy (non-hydrogen) atoms. The van der Waals surface area contributed by atoms with Crippen LogP contribution < -0.4 is 4.74 Å². The number of para-hydroxylation sites is 1. The zero-order valence-electron chi connectivity index (χ0n) is 15.5. The molecule has 148 valence electrons. The first-order chi connectivity index (χ1) is 13.4. The maximum absolute atomic E-state index is 12.9. The number of halogens is 2. The van der Waals surface area contributed by atoms with E-state index < -0.39 is 12.2 Å². The monoisotopic (exact) mass is 389 g/mol. The molecule has 2 aliphatic heterocycles. The predicted molar refractivity (Wildman–Crippen MR) is 96.7 cm³/mol. The van der Waals surface area contributed by atoms with Gasteiger partial charge in [-0.15, -0.1) is 0 Å². The van der Waals surface area contributed by atoms with E-state index in [2.05, 4.69) is 5.10 Å². The third-order valence-corrected chi connectivity index (χ3v) is 5.51. The number of ketones is 1. The van der Waals surface area contributed by atoms with Gasteiger partial charge in [-0.25, -0.2) is 4.68 Å². The molecule has 0 saturated carbocycles. The van der Waals surface area contributed by atoms with E-state index in [9.17, 15) is 18.4 Å². The number of fused-ring (bicyclic) bond motifs is 1. The number of aryl methyl sites for hydroxylation is 1. The lowest BCUT2D eigenvalue weighted by Crippen LogP contribution is -2.43. The Morgan fingerprint density at radius 2 is 2.04 bits per heavy atom. The summed E-state index contributed by atoms with van der Waals surface area (Å²) >= 11 is 0. The first kappa shape index (κ1) is 18.6. The van der Waals surface area contributed by atoms with Gasteiger partial charge in [0.25, 0.3) is 5.91 Å². The second-order valence-electron chi connectivity index (χ2n) is 7.42. The van der Waals surface area contributed by atoms with Crippen molar-refractivity contribution in [2.24, 2.45) is 0 Å². The maximum atomic E-state index is 12.9. The lowest BCUT2D eigenvalue weighted by molar-refractivity contribution is 0.0300. The highest BCUT2D eigenvalue weighted by Gasteiger charge is 2.42. The number of hydrogen-bond donors (Lipinski definition) is 0. The van der Waals surface area contributed by atoms with Gasteiger partial charge >= 0.3 is 6.55 Å². The summed E-state index contributed by atoms with van der Waals surface area (Å²) in [7, 11) is 0. The molecule has 4 rings (SSSR count). The quantitative estimate of drug-likeness (QED) is 0.787. The second-order valence-corrected chi connectivity index (χ2v) is 7.42. The van der Waals surface area contributed by atoms with E-state index in [0.29, 0.717) is 48.3 Å². The minimum atomic E-state index is -2.78. The van der Waals surface area contributed by atoms with E-state index in [4.69, 9.17) is 4.74 Å². The molecule has 1 spiro atoms. The standard InChI is InChI=1S/C20H21F2N3O3/c1-13-11-15(23-25(13)19(21)22)18(27)24-9-4-7-20(8-10-24)12-16(26)14-5-2-3-6-17(14)28-20/h2-3,5-6,11,19H,4,7-10,12H2,1H3. The van der Waals surface area contributed by atoms with E-state index in [-0.39, 0.29) is 29.5 Å². The van der Waals surface area contributed by atoms with Crippen LogP contribution in [0.4, 0.5) is 8.78 Å². The maximum Gasteiger partial charge on any atom is 0.333 e. The van der Waals surface area contributed by atoms with Crippen molar-refractivity contribution in [2.75, 3.05) is 13.1 Å². The Morgan fingerprint density at radius 3 is 2.79 bits per heavy atom. The average molecular weight is 389 g/mol. The van der Waals surface area contributed by atoms with Crippen LogP contribution in [0.1, 0.15) is 58.8 Å². The van der Waals surface area contributed by atoms with Gasteiger partial charge in [-0.2, -0.15) is 13.9 Å². The highest BCUT2D eigenvalue weighted by Crippen LogP contribution is 2.39. The molecule has 1 aromatic heterocycles. The molecular formula is C20H21F2N3O3. The predicted octanol–water partition coefficient (Wildman–Crippen LogP) is 3.62. The molecule has 0 aliphatic carbocycles. The van der Waals surface area contributed by atoms with E-state index >= 15 is 0 Å². The van der Waals surface area contributed by atoms with Gasteiger partial charge < -0.3 is 9.64 Å². The normalized spacial score (nSPS) is 22.1. The van der Waals surface area contributed by atoms with Crippen molar-refractivity contribution in [2.45, 2.75) is 44.8 Å². The third kappa shape index (κ3) is 3.27. The summed E-state index contributed by atoms with van der Waals surface area (Å²) < 4.78 is 32.6. The van der Waals surface area contributed by atoms with E-state index in [0.717, 1.165) is 0 Å². The third-order valence-electron chi connectivity index (χ3n) is 5.51. The van der Waals surface area contributed by atoms with Gasteiger partial charge in [-0.1, -0.05) is 12.1 Å². The summed E-state index contributed by atoms with van der Waals surface area (Å²) in [5, 5.41) is 3.75. The molecule has 3 heterocycles. The second kappa shape index (κ2) is 7.00. The Balaban J connectivity index is 1.51. The molecule has 1 fully saturated rings. The Labute approximate surface area is 161 Å². The van der Waals surface area contributed by atoms with Crippen LogP contribution in [0.5, 0.6) is 5.75 Å². The molecule has 0 bridgehead atoms. The zero-order chi connectivity index (χ0) is 19.9. The number of aromatic nitrogens is 2. The molecule has 1 atom stereocenters. The molecule has 2 aliphatic rings. The largest absolute Gasteiger partial charge is 0.486 e. The first-order valence-corrected chi connectivity index (χ1v) is 9.33. The number of ether oxygens (including phenoxy) is 1. The van der Waals surface area contributed by atoms with Crippen LogP contribution in [0.3, 0.4) is 0 Å². The minimum Gasteiger partial charge on any atom is -0.486 e. The summed E-state index contributed by atoms with van der Waals surface area (Å²) in [6.45, 7) is -0.433. The molecule has 2 aromatic rings. The fraction of sp³-hybridized carbons (Fsp3) is 0.450. The first-order valence-electron chi connectivity index (χ1n) is 9.33. The topological polar surface area (TPSA) is 64.4 Å². The number of Topliss-reactive ketones (excluding diaryl/α,β-unsaturated/α-hetero) is 1. The van der Waals surface area contributed by atoms with Crippen LogP contribution in [0.15, 0.2) is 30.3 Å². The smallest absolute Gasteiger partial charge is 0.333 e. The molecule has 0 radical (unpaired) electrons. The van der Waals surface area contributed by atoms with Crippen molar-refractivity contribution in [3.63, 3.8) is 0 Å². The Hall–Kier alpha value is -2.77. The molecule has 1 aromatic carbocycles. The fourth-order valence-electron chi connectivity index (χ4n) is 4.04. The minimum absolute atomic E-state index is 0.0136. The molecule has 1 amide bonds. The Morgan fingerprint density at radius 1 is 1.25 bits per heavy atom. The number of carbonyl (C=O) groups excluding carboxylic acids is 2. The van der Waals surface area contributed by atoms with Crippen LogP contribution in [0.2, 0.25) is 0 Å². The van der Waals surface area contributed by atoms with Gasteiger partial charge in [-0.3, -0.25) is 9.59 Å². The Kier molecular flexibility index (Phi) is 4.64. The lowest BCUT2D eigenvalue weighted by atomic mass is 9.84. The average Bonchev–Trinajstić information content (AvgIpc) is 2.95. The number of carbonyl (C=O) groups is 2. The van der Waals surface area contributed by atoms with Gasteiger partial charge in [0.1, 0.15) is 11.4 Å². The summed E-state index contributed by atoms with van der Waals surface area (Å²) in [6, 6.07) is 8.58. The number of alkyl halides is 2. The molecule has 6 nitrogen and oxygen atoms in total. The Bertz CT molecular complexity index is 927. The highest BCUT2D eigenvalue weighted by molar-refractivity contribution is 6.00. The lowest BCUT2D eigenvalue weighted by Gasteiger charge is -2.37. The molecule has 1 unspecified atom stereocenters. The van der Waals surface area contributed by atoms with Crippen molar-refractivity contribution < 1.29 is 23.1 Å². The van der Waals surface area contributed by atoms with Gasteiger partial charge in [0.05, 0.1) is 12.0 Å². The van der Waals surface area contributed by atoms with Crippen molar-refractivity contribution >= 4 is 11.7 Å². The van der Waals surface area contributed by atoms with Crippen molar-refractivity contribution in [1.29, 1.82) is 0 Å². The van der Waals surface area contributed by atoms with E-state index in [1.165, 1.54) is 13.0 Å². The van der Waals surface area contributed by atoms with Crippen LogP contribution in [0.25, 0.3) is 0 Å². The van der Waals surface area contributed by atoms with Gasteiger partial charge in [0, 0.05) is 25.2 Å². The van der Waals surface area contributed by atoms with Gasteiger partial charge in [0.2, 0.25) is 0 Å². The molecule has 0 N–H and O–H groups in total. The number of rotatable bonds is 2. The number of amides is 1. The highest BCUT2D eigenvalue weighted by atomic mass is 19.3. The van der Waals surface area contributed by atoms with Crippen LogP contribution >= 0.6 is 0 Å². The van der Waals surface area contributed by atoms with Gasteiger partial charge in [-0.05, 0) is 38.0 Å². The summed E-state index contributed by atoms with van der Waals surface area (Å²) in [5.41, 5.74) is 0.221. The molecule has 1 saturated heterocycles. The van der Waals surface area contributed by atoms with Crippen LogP contribution in [-0.4, -0.2) is 45.1 Å². The summed E-state index contributed by atoms with van der Waals surface area (Å²) in [5.74, 6) is 0.264. The van der Waals surface area contributed by atoms with Crippen LogP contribution in [-0.2, 0) is 0 Å². The van der Waals surface area contributed by atoms with Crippen molar-refractivity contribution in [3.8, 4) is 5.75 Å². The fourth-order valence-corrected chi connectivity index (χ4v) is 4.04. The SMILES string of the molecule is Cc1cc(C(=O)N2CCCC3(CC2)CC(=O)c2ccccc2O3)nn1C(F)F.